The molecule has 70 valence electrons. The van der Waals surface area contributed by atoms with Gasteiger partial charge in [0.2, 0.25) is 0 Å². The van der Waals surface area contributed by atoms with E-state index in [4.69, 9.17) is 0 Å². The van der Waals surface area contributed by atoms with Crippen LogP contribution >= 0.6 is 0 Å². The van der Waals surface area contributed by atoms with Crippen LogP contribution in [0.2, 0.25) is 0 Å². The zero-order valence-corrected chi connectivity index (χ0v) is 8.34. The molecule has 2 atom stereocenters. The quantitative estimate of drug-likeness (QED) is 0.678. The number of nitrogens with one attached hydrogen (secondary N) is 1. The van der Waals surface area contributed by atoms with Crippen molar-refractivity contribution >= 4 is 0 Å². The zero-order chi connectivity index (χ0) is 8.55. The van der Waals surface area contributed by atoms with E-state index in [2.05, 4.69) is 19.2 Å². The molecule has 2 aliphatic rings. The fourth-order valence-electron chi connectivity index (χ4n) is 2.38. The summed E-state index contributed by atoms with van der Waals surface area (Å²) in [5.41, 5.74) is 0. The first-order valence-electron chi connectivity index (χ1n) is 5.50. The van der Waals surface area contributed by atoms with E-state index in [1.165, 1.54) is 32.2 Å². The minimum atomic E-state index is 0.672. The summed E-state index contributed by atoms with van der Waals surface area (Å²) in [6, 6.07) is 0.672. The first kappa shape index (κ1) is 8.55. The minimum Gasteiger partial charge on any atom is -0.314 e. The van der Waals surface area contributed by atoms with Crippen LogP contribution in [0.5, 0.6) is 0 Å². The van der Waals surface area contributed by atoms with Crippen LogP contribution in [0.4, 0.5) is 0 Å². The van der Waals surface area contributed by atoms with Gasteiger partial charge in [-0.3, -0.25) is 0 Å². The van der Waals surface area contributed by atoms with Crippen molar-refractivity contribution in [2.24, 2.45) is 17.8 Å². The summed E-state index contributed by atoms with van der Waals surface area (Å²) in [6.45, 7) is 5.76. The predicted octanol–water partition coefficient (Wildman–Crippen LogP) is 2.42. The molecule has 0 bridgehead atoms. The van der Waals surface area contributed by atoms with Crippen molar-refractivity contribution < 1.29 is 0 Å². The molecule has 0 radical (unpaired) electrons. The summed E-state index contributed by atoms with van der Waals surface area (Å²) < 4.78 is 0. The molecule has 2 saturated carbocycles. The van der Waals surface area contributed by atoms with Crippen LogP contribution in [0.25, 0.3) is 0 Å². The van der Waals surface area contributed by atoms with E-state index in [-0.39, 0.29) is 0 Å². The van der Waals surface area contributed by atoms with Gasteiger partial charge in [0.05, 0.1) is 0 Å². The summed E-state index contributed by atoms with van der Waals surface area (Å²) in [7, 11) is 0. The normalized spacial score (nSPS) is 35.2. The van der Waals surface area contributed by atoms with Crippen molar-refractivity contribution in [3.63, 3.8) is 0 Å². The Morgan fingerprint density at radius 1 is 1.17 bits per heavy atom. The van der Waals surface area contributed by atoms with Crippen LogP contribution in [0.1, 0.15) is 39.5 Å². The first-order chi connectivity index (χ1) is 5.77. The third-order valence-corrected chi connectivity index (χ3v) is 3.49. The molecule has 1 nitrogen and oxygen atoms in total. The summed E-state index contributed by atoms with van der Waals surface area (Å²) in [5.74, 6) is 3.27. The smallest absolute Gasteiger partial charge is 0.00104 e. The Bertz CT molecular complexity index is 149. The highest BCUT2D eigenvalue weighted by molar-refractivity contribution is 4.92. The van der Waals surface area contributed by atoms with Crippen LogP contribution in [0, 0.1) is 17.8 Å². The standard InChI is InChI=1S/C11H21N/c1-8(2)12-7-10-5-6-11(10)9-3-4-9/h8-12H,3-7H2,1-2H3. The molecule has 0 amide bonds. The number of hydrogen-bond acceptors (Lipinski definition) is 1. The Labute approximate surface area is 75.9 Å². The van der Waals surface area contributed by atoms with Crippen LogP contribution in [0.3, 0.4) is 0 Å². The molecular weight excluding hydrogens is 146 g/mol. The highest BCUT2D eigenvalue weighted by Crippen LogP contribution is 2.49. The lowest BCUT2D eigenvalue weighted by Crippen LogP contribution is -2.38. The first-order valence-corrected chi connectivity index (χ1v) is 5.50. The summed E-state index contributed by atoms with van der Waals surface area (Å²) >= 11 is 0. The van der Waals surface area contributed by atoms with Crippen molar-refractivity contribution in [2.75, 3.05) is 6.54 Å². The van der Waals surface area contributed by atoms with Crippen molar-refractivity contribution in [1.29, 1.82) is 0 Å². The summed E-state index contributed by atoms with van der Waals surface area (Å²) in [4.78, 5) is 0. The highest BCUT2D eigenvalue weighted by Gasteiger charge is 2.41. The molecule has 12 heavy (non-hydrogen) atoms. The van der Waals surface area contributed by atoms with E-state index in [9.17, 15) is 0 Å². The second-order valence-electron chi connectivity index (χ2n) is 4.90. The van der Waals surface area contributed by atoms with Gasteiger partial charge in [0, 0.05) is 6.04 Å². The minimum absolute atomic E-state index is 0.672. The molecule has 0 saturated heterocycles. The largest absolute Gasteiger partial charge is 0.314 e. The molecule has 2 rings (SSSR count). The van der Waals surface area contributed by atoms with Crippen molar-refractivity contribution in [1.82, 2.24) is 5.32 Å². The monoisotopic (exact) mass is 167 g/mol. The molecule has 0 aromatic heterocycles. The van der Waals surface area contributed by atoms with E-state index < -0.39 is 0 Å². The molecule has 0 aromatic carbocycles. The molecule has 0 aliphatic heterocycles. The van der Waals surface area contributed by atoms with Crippen molar-refractivity contribution in [3.05, 3.63) is 0 Å². The fourth-order valence-corrected chi connectivity index (χ4v) is 2.38. The molecule has 0 heterocycles. The molecule has 1 N–H and O–H groups in total. The highest BCUT2D eigenvalue weighted by atomic mass is 14.9. The summed E-state index contributed by atoms with van der Waals surface area (Å²) in [6.07, 6.45) is 6.07. The second kappa shape index (κ2) is 3.37. The van der Waals surface area contributed by atoms with Crippen LogP contribution in [-0.2, 0) is 0 Å². The Balaban J connectivity index is 1.67. The lowest BCUT2D eigenvalue weighted by molar-refractivity contribution is 0.144. The topological polar surface area (TPSA) is 12.0 Å². The van der Waals surface area contributed by atoms with Gasteiger partial charge < -0.3 is 5.32 Å². The van der Waals surface area contributed by atoms with Crippen LogP contribution < -0.4 is 5.32 Å². The Hall–Kier alpha value is -0.0400. The van der Waals surface area contributed by atoms with Gasteiger partial charge in [-0.2, -0.15) is 0 Å². The van der Waals surface area contributed by atoms with Crippen molar-refractivity contribution in [3.8, 4) is 0 Å². The maximum atomic E-state index is 3.56. The summed E-state index contributed by atoms with van der Waals surface area (Å²) in [5, 5.41) is 3.56. The van der Waals surface area contributed by atoms with Gasteiger partial charge >= 0.3 is 0 Å². The Kier molecular flexibility index (Phi) is 2.40. The van der Waals surface area contributed by atoms with E-state index in [1.807, 2.05) is 0 Å². The molecular formula is C11H21N. The lowest BCUT2D eigenvalue weighted by Gasteiger charge is -2.37. The molecule has 0 aromatic rings. The van der Waals surface area contributed by atoms with Gasteiger partial charge in [0.15, 0.2) is 0 Å². The van der Waals surface area contributed by atoms with Gasteiger partial charge in [-0.1, -0.05) is 13.8 Å². The van der Waals surface area contributed by atoms with Gasteiger partial charge in [-0.05, 0) is 50.0 Å². The molecule has 2 unspecified atom stereocenters. The SMILES string of the molecule is CC(C)NCC1CCC1C1CC1. The predicted molar refractivity (Wildman–Crippen MR) is 52.1 cm³/mol. The molecule has 0 spiro atoms. The maximum absolute atomic E-state index is 3.56. The van der Waals surface area contributed by atoms with E-state index in [0.29, 0.717) is 6.04 Å². The van der Waals surface area contributed by atoms with Crippen LogP contribution in [-0.4, -0.2) is 12.6 Å². The average molecular weight is 167 g/mol. The average Bonchev–Trinajstić information content (AvgIpc) is 2.68. The van der Waals surface area contributed by atoms with Crippen molar-refractivity contribution in [2.45, 2.75) is 45.6 Å². The maximum Gasteiger partial charge on any atom is 0.00104 e. The van der Waals surface area contributed by atoms with E-state index >= 15 is 0 Å². The third-order valence-electron chi connectivity index (χ3n) is 3.49. The number of rotatable bonds is 4. The molecule has 2 aliphatic carbocycles. The van der Waals surface area contributed by atoms with Gasteiger partial charge in [-0.15, -0.1) is 0 Å². The third kappa shape index (κ3) is 1.82. The van der Waals surface area contributed by atoms with E-state index in [0.717, 1.165) is 17.8 Å². The van der Waals surface area contributed by atoms with E-state index in [1.54, 1.807) is 0 Å². The van der Waals surface area contributed by atoms with Crippen LogP contribution in [0.15, 0.2) is 0 Å². The molecule has 2 fully saturated rings. The molecule has 1 heteroatoms. The zero-order valence-electron chi connectivity index (χ0n) is 8.34. The van der Waals surface area contributed by atoms with Gasteiger partial charge in [-0.25, -0.2) is 0 Å². The number of hydrogen-bond donors (Lipinski definition) is 1. The lowest BCUT2D eigenvalue weighted by atomic mass is 9.71. The van der Waals surface area contributed by atoms with Gasteiger partial charge in [0.25, 0.3) is 0 Å². The second-order valence-corrected chi connectivity index (χ2v) is 4.90. The Morgan fingerprint density at radius 2 is 1.92 bits per heavy atom. The fraction of sp³-hybridized carbons (Fsp3) is 1.00. The Morgan fingerprint density at radius 3 is 2.33 bits per heavy atom. The van der Waals surface area contributed by atoms with Gasteiger partial charge in [0.1, 0.15) is 0 Å².